The number of nitriles is 1. The van der Waals surface area contributed by atoms with Crippen LogP contribution in [0, 0.1) is 11.3 Å². The van der Waals surface area contributed by atoms with Gasteiger partial charge >= 0.3 is 0 Å². The third kappa shape index (κ3) is 5.39. The molecule has 1 fully saturated rings. The van der Waals surface area contributed by atoms with Crippen molar-refractivity contribution in [2.24, 2.45) is 0 Å². The normalized spacial score (nSPS) is 15.5. The van der Waals surface area contributed by atoms with Crippen molar-refractivity contribution in [1.82, 2.24) is 10.3 Å². The van der Waals surface area contributed by atoms with Crippen LogP contribution in [-0.4, -0.2) is 31.3 Å². The number of hydrogen-bond donors (Lipinski definition) is 2. The quantitative estimate of drug-likeness (QED) is 0.452. The van der Waals surface area contributed by atoms with Gasteiger partial charge in [0.15, 0.2) is 0 Å². The lowest BCUT2D eigenvalue weighted by molar-refractivity contribution is 0.103. The molecular formula is C26H29ClN4O2. The Hall–Kier alpha value is -2.85. The monoisotopic (exact) mass is 464 g/mol. The predicted molar refractivity (Wildman–Crippen MR) is 132 cm³/mol. The zero-order valence-electron chi connectivity index (χ0n) is 19.1. The Labute approximate surface area is 199 Å². The van der Waals surface area contributed by atoms with Crippen LogP contribution in [0.4, 0.5) is 5.69 Å². The van der Waals surface area contributed by atoms with Gasteiger partial charge in [-0.05, 0) is 61.2 Å². The lowest BCUT2D eigenvalue weighted by atomic mass is 10.0. The molecule has 33 heavy (non-hydrogen) atoms. The summed E-state index contributed by atoms with van der Waals surface area (Å²) in [6, 6.07) is 12.3. The van der Waals surface area contributed by atoms with Gasteiger partial charge in [-0.25, -0.2) is 0 Å². The van der Waals surface area contributed by atoms with E-state index < -0.39 is 0 Å². The number of pyridine rings is 1. The van der Waals surface area contributed by atoms with E-state index in [0.717, 1.165) is 52.7 Å². The number of benzene rings is 2. The standard InChI is InChI=1S/C26H29ClN4O2/c1-3-19-9-18(12-28)10-22-25(19)31-14-20(15-33-16-21-5-4-8-29-21)26(22)30-13-17-6-7-24(32-2)23(27)11-17/h6-7,9-11,14,21,29H,3-5,8,13,15-16H2,1-2H3,(H,30,31). The fourth-order valence-corrected chi connectivity index (χ4v) is 4.57. The van der Waals surface area contributed by atoms with Crippen LogP contribution in [0.5, 0.6) is 5.75 Å². The fraction of sp³-hybridized carbons (Fsp3) is 0.385. The average molecular weight is 465 g/mol. The van der Waals surface area contributed by atoms with E-state index in [9.17, 15) is 5.26 Å². The largest absolute Gasteiger partial charge is 0.495 e. The number of aromatic nitrogens is 1. The van der Waals surface area contributed by atoms with Gasteiger partial charge in [0.05, 0.1) is 48.2 Å². The number of aryl methyl sites for hydroxylation is 1. The van der Waals surface area contributed by atoms with E-state index in [1.807, 2.05) is 36.5 Å². The molecule has 0 aliphatic carbocycles. The maximum Gasteiger partial charge on any atom is 0.137 e. The van der Waals surface area contributed by atoms with E-state index >= 15 is 0 Å². The molecular weight excluding hydrogens is 436 g/mol. The number of methoxy groups -OCH3 is 1. The first-order valence-electron chi connectivity index (χ1n) is 11.3. The van der Waals surface area contributed by atoms with Crippen molar-refractivity contribution in [1.29, 1.82) is 5.26 Å². The van der Waals surface area contributed by atoms with Gasteiger partial charge in [0.25, 0.3) is 0 Å². The minimum Gasteiger partial charge on any atom is -0.495 e. The van der Waals surface area contributed by atoms with Crippen LogP contribution in [0.2, 0.25) is 5.02 Å². The zero-order chi connectivity index (χ0) is 23.2. The maximum atomic E-state index is 9.58. The highest BCUT2D eigenvalue weighted by Gasteiger charge is 2.16. The molecule has 172 valence electrons. The summed E-state index contributed by atoms with van der Waals surface area (Å²) in [6.45, 7) is 4.82. The van der Waals surface area contributed by atoms with Crippen molar-refractivity contribution in [2.45, 2.75) is 45.4 Å². The number of rotatable bonds is 9. The Morgan fingerprint density at radius 3 is 2.85 bits per heavy atom. The Kier molecular flexibility index (Phi) is 7.66. The SMILES string of the molecule is CCc1cc(C#N)cc2c(NCc3ccc(OC)c(Cl)c3)c(COCC3CCCN3)cnc12. The third-order valence-electron chi connectivity index (χ3n) is 6.06. The summed E-state index contributed by atoms with van der Waals surface area (Å²) in [6.07, 6.45) is 5.03. The zero-order valence-corrected chi connectivity index (χ0v) is 19.8. The smallest absolute Gasteiger partial charge is 0.137 e. The summed E-state index contributed by atoms with van der Waals surface area (Å²) in [5.41, 5.74) is 5.54. The number of nitrogens with one attached hydrogen (secondary N) is 2. The molecule has 2 heterocycles. The van der Waals surface area contributed by atoms with Gasteiger partial charge in [0.2, 0.25) is 0 Å². The van der Waals surface area contributed by atoms with Crippen molar-refractivity contribution in [3.05, 3.63) is 63.8 Å². The first-order chi connectivity index (χ1) is 16.1. The third-order valence-corrected chi connectivity index (χ3v) is 6.36. The second-order valence-corrected chi connectivity index (χ2v) is 8.69. The lowest BCUT2D eigenvalue weighted by Gasteiger charge is -2.18. The first-order valence-corrected chi connectivity index (χ1v) is 11.7. The fourth-order valence-electron chi connectivity index (χ4n) is 4.29. The summed E-state index contributed by atoms with van der Waals surface area (Å²) >= 11 is 6.32. The van der Waals surface area contributed by atoms with Crippen LogP contribution in [-0.2, 0) is 24.3 Å². The molecule has 0 saturated carbocycles. The van der Waals surface area contributed by atoms with Gasteiger partial charge in [0.1, 0.15) is 5.75 Å². The van der Waals surface area contributed by atoms with Crippen molar-refractivity contribution < 1.29 is 9.47 Å². The van der Waals surface area contributed by atoms with Gasteiger partial charge in [-0.2, -0.15) is 5.26 Å². The Bertz CT molecular complexity index is 1170. The second-order valence-electron chi connectivity index (χ2n) is 8.29. The molecule has 6 nitrogen and oxygen atoms in total. The Morgan fingerprint density at radius 1 is 1.27 bits per heavy atom. The molecule has 1 aliphatic rings. The number of nitrogens with zero attached hydrogens (tertiary/aromatic N) is 2. The van der Waals surface area contributed by atoms with Crippen molar-refractivity contribution in [2.75, 3.05) is 25.6 Å². The highest BCUT2D eigenvalue weighted by atomic mass is 35.5. The van der Waals surface area contributed by atoms with Crippen molar-refractivity contribution in [3.8, 4) is 11.8 Å². The molecule has 0 radical (unpaired) electrons. The van der Waals surface area contributed by atoms with Crippen LogP contribution in [0.25, 0.3) is 10.9 Å². The molecule has 1 aliphatic heterocycles. The molecule has 2 aromatic carbocycles. The molecule has 7 heteroatoms. The van der Waals surface area contributed by atoms with E-state index in [1.54, 1.807) is 7.11 Å². The molecule has 4 rings (SSSR count). The van der Waals surface area contributed by atoms with Crippen LogP contribution in [0.1, 0.15) is 42.0 Å². The van der Waals surface area contributed by atoms with E-state index in [4.69, 9.17) is 26.1 Å². The molecule has 0 amide bonds. The van der Waals surface area contributed by atoms with Crippen LogP contribution in [0.15, 0.2) is 36.5 Å². The predicted octanol–water partition coefficient (Wildman–Crippen LogP) is 5.21. The maximum absolute atomic E-state index is 9.58. The summed E-state index contributed by atoms with van der Waals surface area (Å²) in [4.78, 5) is 4.75. The van der Waals surface area contributed by atoms with Crippen LogP contribution >= 0.6 is 11.6 Å². The van der Waals surface area contributed by atoms with E-state index in [1.165, 1.54) is 6.42 Å². The van der Waals surface area contributed by atoms with Crippen molar-refractivity contribution in [3.63, 3.8) is 0 Å². The Balaban J connectivity index is 1.65. The van der Waals surface area contributed by atoms with Gasteiger partial charge in [-0.1, -0.05) is 24.6 Å². The summed E-state index contributed by atoms with van der Waals surface area (Å²) in [7, 11) is 1.60. The van der Waals surface area contributed by atoms with Gasteiger partial charge in [-0.15, -0.1) is 0 Å². The highest BCUT2D eigenvalue weighted by molar-refractivity contribution is 6.32. The molecule has 0 bridgehead atoms. The van der Waals surface area contributed by atoms with Crippen molar-refractivity contribution >= 4 is 28.2 Å². The highest BCUT2D eigenvalue weighted by Crippen LogP contribution is 2.32. The summed E-state index contributed by atoms with van der Waals surface area (Å²) < 4.78 is 11.3. The molecule has 1 unspecified atom stereocenters. The molecule has 0 spiro atoms. The molecule has 3 aromatic rings. The van der Waals surface area contributed by atoms with E-state index in [0.29, 0.717) is 42.1 Å². The molecule has 1 saturated heterocycles. The molecule has 1 aromatic heterocycles. The summed E-state index contributed by atoms with van der Waals surface area (Å²) in [5, 5.41) is 18.1. The number of halogens is 1. The van der Waals surface area contributed by atoms with Gasteiger partial charge < -0.3 is 20.1 Å². The topological polar surface area (TPSA) is 79.2 Å². The molecule has 1 atom stereocenters. The first kappa shape index (κ1) is 23.3. The Morgan fingerprint density at radius 2 is 2.15 bits per heavy atom. The lowest BCUT2D eigenvalue weighted by Crippen LogP contribution is -2.26. The van der Waals surface area contributed by atoms with Crippen LogP contribution in [0.3, 0.4) is 0 Å². The minimum absolute atomic E-state index is 0.410. The van der Waals surface area contributed by atoms with E-state index in [-0.39, 0.29) is 0 Å². The average Bonchev–Trinajstić information content (AvgIpc) is 3.36. The number of anilines is 1. The minimum atomic E-state index is 0.410. The number of hydrogen-bond acceptors (Lipinski definition) is 6. The molecule has 2 N–H and O–H groups in total. The van der Waals surface area contributed by atoms with Crippen LogP contribution < -0.4 is 15.4 Å². The van der Waals surface area contributed by atoms with Gasteiger partial charge in [-0.3, -0.25) is 4.98 Å². The van der Waals surface area contributed by atoms with E-state index in [2.05, 4.69) is 23.6 Å². The summed E-state index contributed by atoms with van der Waals surface area (Å²) in [5.74, 6) is 0.649. The number of ether oxygens (including phenoxy) is 2. The van der Waals surface area contributed by atoms with Gasteiger partial charge in [0, 0.05) is 29.7 Å². The second kappa shape index (κ2) is 10.8. The number of fused-ring (bicyclic) bond motifs is 1.